The minimum Gasteiger partial charge on any atom is -0.495 e. The fraction of sp³-hybridized carbons (Fsp3) is 0.222. The van der Waals surface area contributed by atoms with Crippen molar-refractivity contribution >= 4 is 17.7 Å². The topological polar surface area (TPSA) is 38.7 Å². The lowest BCUT2D eigenvalue weighted by Gasteiger charge is -2.07. The summed E-state index contributed by atoms with van der Waals surface area (Å²) in [5.74, 6) is -0.368. The third kappa shape index (κ3) is 2.10. The van der Waals surface area contributed by atoms with Gasteiger partial charge in [-0.1, -0.05) is 17.7 Å². The molecule has 0 N–H and O–H groups in total. The zero-order chi connectivity index (χ0) is 10.6. The fourth-order valence-electron chi connectivity index (χ4n) is 1.03. The number of aliphatic imine (C=N–C) groups is 1. The fourth-order valence-corrected chi connectivity index (χ4v) is 1.30. The van der Waals surface area contributed by atoms with Crippen molar-refractivity contribution in [3.63, 3.8) is 0 Å². The number of hydrogen-bond donors (Lipinski definition) is 0. The van der Waals surface area contributed by atoms with E-state index < -0.39 is 5.82 Å². The molecule has 0 radical (unpaired) electrons. The van der Waals surface area contributed by atoms with Crippen molar-refractivity contribution in [1.29, 1.82) is 0 Å². The van der Waals surface area contributed by atoms with E-state index in [1.165, 1.54) is 25.3 Å². The molecule has 0 bridgehead atoms. The molecule has 0 atom stereocenters. The van der Waals surface area contributed by atoms with Gasteiger partial charge in [-0.25, -0.2) is 14.2 Å². The van der Waals surface area contributed by atoms with E-state index in [2.05, 4.69) is 4.99 Å². The molecule has 1 aromatic carbocycles. The monoisotopic (exact) mass is 215 g/mol. The minimum atomic E-state index is -0.567. The van der Waals surface area contributed by atoms with E-state index in [-0.39, 0.29) is 17.3 Å². The lowest BCUT2D eigenvalue weighted by atomic mass is 10.2. The number of halogens is 2. The van der Waals surface area contributed by atoms with Crippen LogP contribution in [0.25, 0.3) is 0 Å². The van der Waals surface area contributed by atoms with Gasteiger partial charge in [0.05, 0.1) is 13.7 Å². The van der Waals surface area contributed by atoms with Crippen LogP contribution in [0, 0.1) is 5.82 Å². The molecule has 0 amide bonds. The standard InChI is InChI=1S/C9H7ClFNO2/c1-14-9-6(4-12-5-13)2-3-7(11)8(9)10/h2-3H,4H2,1H3. The Labute approximate surface area is 85.2 Å². The van der Waals surface area contributed by atoms with Crippen LogP contribution in [0.2, 0.25) is 5.02 Å². The number of carbonyl (C=O) groups excluding carboxylic acids is 1. The summed E-state index contributed by atoms with van der Waals surface area (Å²) in [6, 6.07) is 2.65. The smallest absolute Gasteiger partial charge is 0.235 e. The molecule has 0 aromatic heterocycles. The number of methoxy groups -OCH3 is 1. The van der Waals surface area contributed by atoms with Crippen LogP contribution in [0.1, 0.15) is 5.56 Å². The molecule has 1 aromatic rings. The van der Waals surface area contributed by atoms with Crippen LogP contribution in [0.3, 0.4) is 0 Å². The van der Waals surface area contributed by atoms with Gasteiger partial charge >= 0.3 is 0 Å². The summed E-state index contributed by atoms with van der Waals surface area (Å²) >= 11 is 5.64. The van der Waals surface area contributed by atoms with Gasteiger partial charge in [0.15, 0.2) is 0 Å². The molecular weight excluding hydrogens is 209 g/mol. The highest BCUT2D eigenvalue weighted by atomic mass is 35.5. The van der Waals surface area contributed by atoms with Gasteiger partial charge in [0.1, 0.15) is 16.6 Å². The van der Waals surface area contributed by atoms with Crippen molar-refractivity contribution in [3.05, 3.63) is 28.5 Å². The Bertz CT molecular complexity index is 389. The van der Waals surface area contributed by atoms with E-state index in [0.717, 1.165) is 0 Å². The maximum atomic E-state index is 12.9. The first kappa shape index (κ1) is 10.7. The average Bonchev–Trinajstić information content (AvgIpc) is 2.20. The summed E-state index contributed by atoms with van der Waals surface area (Å²) in [4.78, 5) is 13.2. The van der Waals surface area contributed by atoms with E-state index in [1.807, 2.05) is 0 Å². The zero-order valence-electron chi connectivity index (χ0n) is 7.38. The number of ether oxygens (including phenoxy) is 1. The molecule has 14 heavy (non-hydrogen) atoms. The SMILES string of the molecule is COc1c(CN=C=O)ccc(F)c1Cl. The molecule has 0 aliphatic rings. The van der Waals surface area contributed by atoms with Crippen LogP contribution in [-0.2, 0) is 11.3 Å². The molecule has 0 saturated heterocycles. The number of isocyanates is 1. The van der Waals surface area contributed by atoms with Gasteiger partial charge in [-0.05, 0) is 6.07 Å². The molecule has 5 heteroatoms. The second kappa shape index (κ2) is 4.74. The van der Waals surface area contributed by atoms with Crippen LogP contribution in [0.5, 0.6) is 5.75 Å². The zero-order valence-corrected chi connectivity index (χ0v) is 8.14. The number of hydrogen-bond acceptors (Lipinski definition) is 3. The normalized spacial score (nSPS) is 9.36. The average molecular weight is 216 g/mol. The van der Waals surface area contributed by atoms with E-state index in [0.29, 0.717) is 5.56 Å². The van der Waals surface area contributed by atoms with E-state index in [4.69, 9.17) is 16.3 Å². The first-order valence-corrected chi connectivity index (χ1v) is 4.13. The summed E-state index contributed by atoms with van der Waals surface area (Å²) in [5, 5.41) is -0.105. The molecule has 74 valence electrons. The van der Waals surface area contributed by atoms with Crippen molar-refractivity contribution in [2.24, 2.45) is 4.99 Å². The summed E-state index contributed by atoms with van der Waals surface area (Å²) in [5.41, 5.74) is 0.544. The summed E-state index contributed by atoms with van der Waals surface area (Å²) in [6.45, 7) is 0.0761. The van der Waals surface area contributed by atoms with Crippen molar-refractivity contribution < 1.29 is 13.9 Å². The minimum absolute atomic E-state index is 0.0761. The number of nitrogens with zero attached hydrogens (tertiary/aromatic N) is 1. The quantitative estimate of drug-likeness (QED) is 0.573. The Morgan fingerprint density at radius 2 is 2.36 bits per heavy atom. The molecule has 0 saturated carbocycles. The van der Waals surface area contributed by atoms with Crippen molar-refractivity contribution in [1.82, 2.24) is 0 Å². The molecule has 0 unspecified atom stereocenters. The van der Waals surface area contributed by atoms with Crippen LogP contribution in [0.4, 0.5) is 4.39 Å². The van der Waals surface area contributed by atoms with Crippen LogP contribution in [0.15, 0.2) is 17.1 Å². The highest BCUT2D eigenvalue weighted by molar-refractivity contribution is 6.32. The first-order chi connectivity index (χ1) is 6.70. The van der Waals surface area contributed by atoms with Gasteiger partial charge < -0.3 is 4.74 Å². The molecule has 0 spiro atoms. The molecule has 1 rings (SSSR count). The Kier molecular flexibility index (Phi) is 3.63. The second-order valence-electron chi connectivity index (χ2n) is 2.46. The highest BCUT2D eigenvalue weighted by Gasteiger charge is 2.11. The van der Waals surface area contributed by atoms with Gasteiger partial charge in [0.2, 0.25) is 6.08 Å². The van der Waals surface area contributed by atoms with Crippen LogP contribution < -0.4 is 4.74 Å². The van der Waals surface area contributed by atoms with E-state index >= 15 is 0 Å². The molecular formula is C9H7ClFNO2. The summed E-state index contributed by atoms with van der Waals surface area (Å²) < 4.78 is 17.8. The second-order valence-corrected chi connectivity index (χ2v) is 2.84. The third-order valence-corrected chi connectivity index (χ3v) is 2.00. The highest BCUT2D eigenvalue weighted by Crippen LogP contribution is 2.31. The number of benzene rings is 1. The molecule has 0 aliphatic carbocycles. The molecule has 0 aliphatic heterocycles. The van der Waals surface area contributed by atoms with Gasteiger partial charge in [-0.2, -0.15) is 0 Å². The summed E-state index contributed by atoms with van der Waals surface area (Å²) in [6.07, 6.45) is 1.38. The maximum absolute atomic E-state index is 12.9. The summed E-state index contributed by atoms with van der Waals surface area (Å²) in [7, 11) is 1.37. The van der Waals surface area contributed by atoms with E-state index in [9.17, 15) is 9.18 Å². The van der Waals surface area contributed by atoms with Crippen LogP contribution >= 0.6 is 11.6 Å². The first-order valence-electron chi connectivity index (χ1n) is 3.75. The maximum Gasteiger partial charge on any atom is 0.235 e. The third-order valence-electron chi connectivity index (χ3n) is 1.65. The Morgan fingerprint density at radius 1 is 1.64 bits per heavy atom. The lowest BCUT2D eigenvalue weighted by Crippen LogP contribution is -1.93. The van der Waals surface area contributed by atoms with Gasteiger partial charge in [-0.15, -0.1) is 0 Å². The van der Waals surface area contributed by atoms with Gasteiger partial charge in [-0.3, -0.25) is 0 Å². The lowest BCUT2D eigenvalue weighted by molar-refractivity contribution is 0.406. The number of rotatable bonds is 3. The Morgan fingerprint density at radius 3 is 2.93 bits per heavy atom. The van der Waals surface area contributed by atoms with Gasteiger partial charge in [0, 0.05) is 5.56 Å². The predicted octanol–water partition coefficient (Wildman–Crippen LogP) is 2.32. The molecule has 0 fully saturated rings. The largest absolute Gasteiger partial charge is 0.495 e. The van der Waals surface area contributed by atoms with Crippen LogP contribution in [-0.4, -0.2) is 13.2 Å². The molecule has 0 heterocycles. The van der Waals surface area contributed by atoms with Crippen molar-refractivity contribution in [2.45, 2.75) is 6.54 Å². The van der Waals surface area contributed by atoms with Crippen molar-refractivity contribution in [3.8, 4) is 5.75 Å². The molecule has 3 nitrogen and oxygen atoms in total. The van der Waals surface area contributed by atoms with Crippen molar-refractivity contribution in [2.75, 3.05) is 7.11 Å². The predicted molar refractivity (Wildman–Crippen MR) is 49.8 cm³/mol. The Balaban J connectivity index is 3.16. The van der Waals surface area contributed by atoms with E-state index in [1.54, 1.807) is 0 Å². The Hall–Kier alpha value is -1.38. The van der Waals surface area contributed by atoms with Gasteiger partial charge in [0.25, 0.3) is 0 Å².